The molecule has 0 radical (unpaired) electrons. The van der Waals surface area contributed by atoms with E-state index in [0.29, 0.717) is 25.3 Å². The van der Waals surface area contributed by atoms with Crippen LogP contribution in [0.25, 0.3) is 10.2 Å². The maximum atomic E-state index is 12.7. The number of hydrogen-bond acceptors (Lipinski definition) is 7. The molecule has 2 aromatic carbocycles. The molecule has 0 saturated carbocycles. The molecule has 0 amide bonds. The maximum absolute atomic E-state index is 12.7. The van der Waals surface area contributed by atoms with Crippen molar-refractivity contribution in [2.24, 2.45) is 0 Å². The fourth-order valence-corrected chi connectivity index (χ4v) is 5.62. The molecule has 0 N–H and O–H groups in total. The Kier molecular flexibility index (Phi) is 6.15. The standard InChI is InChI=1S/C19H22N4O4S2/c1-4-22(5-2)29(26,27)14-10-11-16(17(12-14)23(24)25)21(3)13-19-20-15-8-6-7-9-18(15)28-19/h6-12H,4-5,13H2,1-3H3. The Morgan fingerprint density at radius 1 is 1.14 bits per heavy atom. The van der Waals surface area contributed by atoms with Gasteiger partial charge in [0.15, 0.2) is 0 Å². The van der Waals surface area contributed by atoms with Gasteiger partial charge in [-0.1, -0.05) is 26.0 Å². The molecule has 29 heavy (non-hydrogen) atoms. The third-order valence-electron chi connectivity index (χ3n) is 4.61. The Morgan fingerprint density at radius 2 is 1.83 bits per heavy atom. The number of sulfonamides is 1. The van der Waals surface area contributed by atoms with Gasteiger partial charge in [0, 0.05) is 26.2 Å². The molecule has 0 aliphatic rings. The molecule has 3 rings (SSSR count). The van der Waals surface area contributed by atoms with E-state index in [4.69, 9.17) is 0 Å². The van der Waals surface area contributed by atoms with Gasteiger partial charge in [-0.25, -0.2) is 13.4 Å². The monoisotopic (exact) mass is 434 g/mol. The Hall–Kier alpha value is -2.56. The van der Waals surface area contributed by atoms with E-state index >= 15 is 0 Å². The van der Waals surface area contributed by atoms with Gasteiger partial charge in [0.05, 0.1) is 26.6 Å². The van der Waals surface area contributed by atoms with Gasteiger partial charge in [-0.05, 0) is 24.3 Å². The van der Waals surface area contributed by atoms with E-state index in [2.05, 4.69) is 4.98 Å². The SMILES string of the molecule is CCN(CC)S(=O)(=O)c1ccc(N(C)Cc2nc3ccccc3s2)c([N+](=O)[O-])c1. The summed E-state index contributed by atoms with van der Waals surface area (Å²) < 4.78 is 27.8. The van der Waals surface area contributed by atoms with Gasteiger partial charge in [-0.2, -0.15) is 4.31 Å². The molecular formula is C19H22N4O4S2. The first kappa shape index (κ1) is 21.2. The Bertz CT molecular complexity index is 1110. The summed E-state index contributed by atoms with van der Waals surface area (Å²) in [6.07, 6.45) is 0. The molecule has 1 heterocycles. The van der Waals surface area contributed by atoms with E-state index in [1.807, 2.05) is 24.3 Å². The molecule has 0 aliphatic carbocycles. The summed E-state index contributed by atoms with van der Waals surface area (Å²) in [7, 11) is -2.05. The summed E-state index contributed by atoms with van der Waals surface area (Å²) in [5.41, 5.74) is 0.977. The number of nitrogens with zero attached hydrogens (tertiary/aromatic N) is 4. The van der Waals surface area contributed by atoms with Crippen molar-refractivity contribution >= 4 is 43.0 Å². The van der Waals surface area contributed by atoms with Crippen LogP contribution in [0.4, 0.5) is 11.4 Å². The fourth-order valence-electron chi connectivity index (χ4n) is 3.12. The molecule has 0 fully saturated rings. The molecule has 10 heteroatoms. The summed E-state index contributed by atoms with van der Waals surface area (Å²) in [6.45, 7) is 4.44. The quantitative estimate of drug-likeness (QED) is 0.394. The van der Waals surface area contributed by atoms with Crippen LogP contribution in [0, 0.1) is 10.1 Å². The zero-order valence-electron chi connectivity index (χ0n) is 16.4. The van der Waals surface area contributed by atoms with Crippen molar-refractivity contribution in [3.8, 4) is 0 Å². The van der Waals surface area contributed by atoms with E-state index in [1.54, 1.807) is 25.8 Å². The summed E-state index contributed by atoms with van der Waals surface area (Å²) in [5.74, 6) is 0. The highest BCUT2D eigenvalue weighted by atomic mass is 32.2. The van der Waals surface area contributed by atoms with Crippen LogP contribution in [-0.2, 0) is 16.6 Å². The molecule has 0 aliphatic heterocycles. The van der Waals surface area contributed by atoms with Crippen molar-refractivity contribution in [2.75, 3.05) is 25.0 Å². The highest BCUT2D eigenvalue weighted by molar-refractivity contribution is 7.89. The lowest BCUT2D eigenvalue weighted by Gasteiger charge is -2.21. The first-order valence-corrected chi connectivity index (χ1v) is 11.4. The van der Waals surface area contributed by atoms with Crippen LogP contribution in [0.5, 0.6) is 0 Å². The lowest BCUT2D eigenvalue weighted by molar-refractivity contribution is -0.384. The minimum atomic E-state index is -3.78. The second-order valence-electron chi connectivity index (χ2n) is 6.43. The molecule has 0 bridgehead atoms. The molecule has 8 nitrogen and oxygen atoms in total. The van der Waals surface area contributed by atoms with Crippen molar-refractivity contribution in [2.45, 2.75) is 25.3 Å². The smallest absolute Gasteiger partial charge is 0.293 e. The average molecular weight is 435 g/mol. The third kappa shape index (κ3) is 4.24. The highest BCUT2D eigenvalue weighted by Gasteiger charge is 2.27. The number of aromatic nitrogens is 1. The number of nitro groups is 1. The van der Waals surface area contributed by atoms with Gasteiger partial charge in [0.1, 0.15) is 10.7 Å². The Balaban J connectivity index is 1.95. The number of anilines is 1. The van der Waals surface area contributed by atoms with Crippen molar-refractivity contribution in [3.63, 3.8) is 0 Å². The Labute approximate surface area is 173 Å². The van der Waals surface area contributed by atoms with E-state index < -0.39 is 14.9 Å². The minimum Gasteiger partial charge on any atom is -0.362 e. The van der Waals surface area contributed by atoms with Gasteiger partial charge in [0.2, 0.25) is 10.0 Å². The first-order valence-electron chi connectivity index (χ1n) is 9.12. The van der Waals surface area contributed by atoms with Crippen molar-refractivity contribution in [3.05, 3.63) is 57.6 Å². The van der Waals surface area contributed by atoms with E-state index in [0.717, 1.165) is 21.3 Å². The molecule has 3 aromatic rings. The summed E-state index contributed by atoms with van der Waals surface area (Å²) >= 11 is 1.53. The lowest BCUT2D eigenvalue weighted by Crippen LogP contribution is -2.30. The fraction of sp³-hybridized carbons (Fsp3) is 0.316. The van der Waals surface area contributed by atoms with Crippen LogP contribution < -0.4 is 4.90 Å². The predicted molar refractivity (Wildman–Crippen MR) is 115 cm³/mol. The summed E-state index contributed by atoms with van der Waals surface area (Å²) in [5, 5.41) is 12.5. The topological polar surface area (TPSA) is 96.7 Å². The van der Waals surface area contributed by atoms with Gasteiger partial charge in [-0.3, -0.25) is 10.1 Å². The minimum absolute atomic E-state index is 0.0787. The van der Waals surface area contributed by atoms with E-state index in [-0.39, 0.29) is 10.6 Å². The molecule has 0 saturated heterocycles. The van der Waals surface area contributed by atoms with Gasteiger partial charge in [0.25, 0.3) is 5.69 Å². The number of fused-ring (bicyclic) bond motifs is 1. The number of para-hydroxylation sites is 1. The van der Waals surface area contributed by atoms with Crippen molar-refractivity contribution in [1.29, 1.82) is 0 Å². The van der Waals surface area contributed by atoms with Crippen LogP contribution in [0.1, 0.15) is 18.9 Å². The lowest BCUT2D eigenvalue weighted by atomic mass is 10.2. The van der Waals surface area contributed by atoms with Crippen molar-refractivity contribution in [1.82, 2.24) is 9.29 Å². The molecule has 0 atom stereocenters. The molecular weight excluding hydrogens is 412 g/mol. The number of nitro benzene ring substituents is 1. The highest BCUT2D eigenvalue weighted by Crippen LogP contribution is 2.33. The first-order chi connectivity index (χ1) is 13.8. The second kappa shape index (κ2) is 8.44. The number of benzene rings is 2. The summed E-state index contributed by atoms with van der Waals surface area (Å²) in [4.78, 5) is 17.3. The third-order valence-corrected chi connectivity index (χ3v) is 7.68. The zero-order chi connectivity index (χ0) is 21.2. The zero-order valence-corrected chi connectivity index (χ0v) is 18.0. The Morgan fingerprint density at radius 3 is 2.45 bits per heavy atom. The summed E-state index contributed by atoms with van der Waals surface area (Å²) in [6, 6.07) is 11.8. The van der Waals surface area contributed by atoms with Crippen LogP contribution in [0.15, 0.2) is 47.4 Å². The second-order valence-corrected chi connectivity index (χ2v) is 9.48. The largest absolute Gasteiger partial charge is 0.362 e. The molecule has 0 unspecified atom stereocenters. The van der Waals surface area contributed by atoms with Crippen LogP contribution in [0.3, 0.4) is 0 Å². The maximum Gasteiger partial charge on any atom is 0.293 e. The average Bonchev–Trinajstić information content (AvgIpc) is 3.10. The molecule has 0 spiro atoms. The number of thiazole rings is 1. The molecule has 1 aromatic heterocycles. The van der Waals surface area contributed by atoms with Gasteiger partial charge < -0.3 is 4.90 Å². The number of hydrogen-bond donors (Lipinski definition) is 0. The normalized spacial score (nSPS) is 11.9. The van der Waals surface area contributed by atoms with E-state index in [1.165, 1.54) is 27.8 Å². The van der Waals surface area contributed by atoms with Crippen molar-refractivity contribution < 1.29 is 13.3 Å². The van der Waals surface area contributed by atoms with Crippen LogP contribution in [-0.4, -0.2) is 42.8 Å². The van der Waals surface area contributed by atoms with Crippen LogP contribution >= 0.6 is 11.3 Å². The van der Waals surface area contributed by atoms with Gasteiger partial charge >= 0.3 is 0 Å². The predicted octanol–water partition coefficient (Wildman–Crippen LogP) is 3.87. The van der Waals surface area contributed by atoms with E-state index in [9.17, 15) is 18.5 Å². The number of rotatable bonds is 8. The van der Waals surface area contributed by atoms with Crippen LogP contribution in [0.2, 0.25) is 0 Å². The van der Waals surface area contributed by atoms with Gasteiger partial charge in [-0.15, -0.1) is 11.3 Å². The molecule has 154 valence electrons.